The lowest BCUT2D eigenvalue weighted by Gasteiger charge is -2.07. The molecule has 1 amide bonds. The van der Waals surface area contributed by atoms with Crippen molar-refractivity contribution in [3.05, 3.63) is 95.4 Å². The van der Waals surface area contributed by atoms with E-state index < -0.39 is 0 Å². The van der Waals surface area contributed by atoms with E-state index in [1.807, 2.05) is 68.4 Å². The molecule has 6 nitrogen and oxygen atoms in total. The number of nitrogens with zero attached hydrogens (tertiary/aromatic N) is 2. The van der Waals surface area contributed by atoms with Crippen LogP contribution in [0.4, 0.5) is 4.39 Å². The molecule has 0 atom stereocenters. The molecule has 0 spiro atoms. The van der Waals surface area contributed by atoms with Gasteiger partial charge in [0.1, 0.15) is 22.9 Å². The van der Waals surface area contributed by atoms with E-state index in [9.17, 15) is 9.18 Å². The Kier molecular flexibility index (Phi) is 5.34. The fraction of sp³-hybridized carbons (Fsp3) is 0.100. The molecule has 2 N–H and O–H groups in total. The number of halogens is 1. The van der Waals surface area contributed by atoms with Crippen LogP contribution in [-0.4, -0.2) is 28.1 Å². The highest BCUT2D eigenvalue weighted by molar-refractivity contribution is 6.11. The number of aromatic nitrogens is 3. The molecule has 0 unspecified atom stereocenters. The van der Waals surface area contributed by atoms with Gasteiger partial charge in [-0.15, -0.1) is 5.10 Å². The third kappa shape index (κ3) is 3.85. The predicted molar refractivity (Wildman–Crippen MR) is 143 cm³/mol. The summed E-state index contributed by atoms with van der Waals surface area (Å²) in [7, 11) is 1.61. The number of benzene rings is 3. The zero-order valence-electron chi connectivity index (χ0n) is 20.5. The molecule has 0 aliphatic heterocycles. The molecule has 0 bridgehead atoms. The third-order valence-corrected chi connectivity index (χ3v) is 6.63. The number of carbonyl (C=O) groups is 1. The summed E-state index contributed by atoms with van der Waals surface area (Å²) >= 11 is 0. The zero-order chi connectivity index (χ0) is 25.7. The number of nitrogens with one attached hydrogen (secondary N) is 2. The fourth-order valence-electron chi connectivity index (χ4n) is 4.66. The van der Waals surface area contributed by atoms with Crippen LogP contribution in [0.25, 0.3) is 55.7 Å². The van der Waals surface area contributed by atoms with Crippen molar-refractivity contribution in [2.75, 3.05) is 7.05 Å². The van der Waals surface area contributed by atoms with E-state index in [1.54, 1.807) is 19.2 Å². The van der Waals surface area contributed by atoms with Crippen molar-refractivity contribution in [2.24, 2.45) is 0 Å². The minimum Gasteiger partial charge on any atom is -0.455 e. The summed E-state index contributed by atoms with van der Waals surface area (Å²) in [4.78, 5) is 16.2. The van der Waals surface area contributed by atoms with Gasteiger partial charge in [0.15, 0.2) is 0 Å². The summed E-state index contributed by atoms with van der Waals surface area (Å²) in [5.41, 5.74) is 7.46. The Morgan fingerprint density at radius 1 is 0.919 bits per heavy atom. The molecule has 3 aromatic heterocycles. The largest absolute Gasteiger partial charge is 0.455 e. The molecule has 3 aromatic carbocycles. The number of amides is 1. The Hall–Kier alpha value is -4.78. The van der Waals surface area contributed by atoms with Crippen LogP contribution in [0.3, 0.4) is 0 Å². The number of furan rings is 1. The number of hydrogen-bond donors (Lipinski definition) is 2. The number of rotatable bonds is 4. The zero-order valence-corrected chi connectivity index (χ0v) is 20.5. The van der Waals surface area contributed by atoms with Crippen LogP contribution in [0.2, 0.25) is 0 Å². The van der Waals surface area contributed by atoms with Crippen LogP contribution in [0.15, 0.2) is 77.2 Å². The van der Waals surface area contributed by atoms with E-state index in [1.165, 1.54) is 6.07 Å². The fourth-order valence-corrected chi connectivity index (χ4v) is 4.66. The van der Waals surface area contributed by atoms with Gasteiger partial charge in [-0.3, -0.25) is 4.79 Å². The van der Waals surface area contributed by atoms with Crippen LogP contribution in [-0.2, 0) is 0 Å². The summed E-state index contributed by atoms with van der Waals surface area (Å²) in [6, 6.07) is 22.2. The molecule has 0 aliphatic rings. The monoisotopic (exact) mass is 490 g/mol. The molecule has 7 heteroatoms. The SMILES string of the molecule is CNC(=O)c1c(-c2ccc(C)cc2)oc2ccc(-c3cc(-c4cc5c(F)cccc5[nH]4)nnc3C)cc12. The number of fused-ring (bicyclic) bond motifs is 2. The lowest BCUT2D eigenvalue weighted by Crippen LogP contribution is -2.18. The van der Waals surface area contributed by atoms with Crippen molar-refractivity contribution < 1.29 is 13.6 Å². The lowest BCUT2D eigenvalue weighted by atomic mass is 9.99. The molecular formula is C30H23FN4O2. The Morgan fingerprint density at radius 3 is 2.46 bits per heavy atom. The number of aromatic amines is 1. The summed E-state index contributed by atoms with van der Waals surface area (Å²) in [6.07, 6.45) is 0. The topological polar surface area (TPSA) is 83.8 Å². The van der Waals surface area contributed by atoms with Gasteiger partial charge in [-0.05, 0) is 55.8 Å². The van der Waals surface area contributed by atoms with E-state index >= 15 is 0 Å². The average Bonchev–Trinajstić information content (AvgIpc) is 3.51. The summed E-state index contributed by atoms with van der Waals surface area (Å²) in [5, 5.41) is 12.7. The maximum Gasteiger partial charge on any atom is 0.255 e. The minimum atomic E-state index is -0.295. The first-order valence-electron chi connectivity index (χ1n) is 11.9. The van der Waals surface area contributed by atoms with Crippen molar-refractivity contribution in [3.63, 3.8) is 0 Å². The normalized spacial score (nSPS) is 11.4. The van der Waals surface area contributed by atoms with E-state index in [0.29, 0.717) is 44.6 Å². The standard InChI is InChI=1S/C30H23FN4O2/c1-16-7-9-18(10-8-16)29-28(30(36)32-3)22-13-19(11-12-27(22)37-29)20-14-26(35-34-17(20)2)25-15-21-23(31)5-4-6-24(21)33-25/h4-15,33H,1-3H3,(H,32,36). The van der Waals surface area contributed by atoms with E-state index in [-0.39, 0.29) is 11.7 Å². The summed E-state index contributed by atoms with van der Waals surface area (Å²) < 4.78 is 20.4. The van der Waals surface area contributed by atoms with Gasteiger partial charge >= 0.3 is 0 Å². The highest BCUT2D eigenvalue weighted by Gasteiger charge is 2.22. The first kappa shape index (κ1) is 22.7. The molecule has 6 aromatic rings. The van der Waals surface area contributed by atoms with Gasteiger partial charge in [0.2, 0.25) is 0 Å². The predicted octanol–water partition coefficient (Wildman–Crippen LogP) is 6.82. The van der Waals surface area contributed by atoms with Crippen LogP contribution in [0, 0.1) is 19.7 Å². The third-order valence-electron chi connectivity index (χ3n) is 6.63. The molecule has 3 heterocycles. The Morgan fingerprint density at radius 2 is 1.70 bits per heavy atom. The quantitative estimate of drug-likeness (QED) is 0.284. The van der Waals surface area contributed by atoms with E-state index in [0.717, 1.165) is 27.9 Å². The first-order chi connectivity index (χ1) is 17.9. The van der Waals surface area contributed by atoms with Gasteiger partial charge in [0, 0.05) is 34.5 Å². The first-order valence-corrected chi connectivity index (χ1v) is 11.9. The van der Waals surface area contributed by atoms with Gasteiger partial charge < -0.3 is 14.7 Å². The Balaban J connectivity index is 1.50. The molecule has 0 aliphatic carbocycles. The number of hydrogen-bond acceptors (Lipinski definition) is 4. The van der Waals surface area contributed by atoms with E-state index in [4.69, 9.17) is 4.42 Å². The number of H-pyrrole nitrogens is 1. The van der Waals surface area contributed by atoms with Gasteiger partial charge in [0.25, 0.3) is 5.91 Å². The van der Waals surface area contributed by atoms with Crippen molar-refractivity contribution >= 4 is 27.8 Å². The smallest absolute Gasteiger partial charge is 0.255 e. The van der Waals surface area contributed by atoms with Crippen molar-refractivity contribution in [3.8, 4) is 33.8 Å². The summed E-state index contributed by atoms with van der Waals surface area (Å²) in [5.74, 6) is 0.00511. The molecule has 0 saturated heterocycles. The van der Waals surface area contributed by atoms with Crippen LogP contribution in [0.5, 0.6) is 0 Å². The Bertz CT molecular complexity index is 1820. The molecule has 0 saturated carbocycles. The van der Waals surface area contributed by atoms with Crippen molar-refractivity contribution in [1.29, 1.82) is 0 Å². The molecular weight excluding hydrogens is 467 g/mol. The number of aryl methyl sites for hydroxylation is 2. The second-order valence-corrected chi connectivity index (χ2v) is 9.08. The minimum absolute atomic E-state index is 0.225. The van der Waals surface area contributed by atoms with Gasteiger partial charge in [-0.2, -0.15) is 5.10 Å². The van der Waals surface area contributed by atoms with Crippen LogP contribution < -0.4 is 5.32 Å². The van der Waals surface area contributed by atoms with Gasteiger partial charge in [-0.1, -0.05) is 42.0 Å². The number of carbonyl (C=O) groups excluding carboxylic acids is 1. The van der Waals surface area contributed by atoms with Crippen LogP contribution in [0.1, 0.15) is 21.6 Å². The maximum absolute atomic E-state index is 14.3. The highest BCUT2D eigenvalue weighted by Crippen LogP contribution is 2.37. The van der Waals surface area contributed by atoms with Crippen molar-refractivity contribution in [2.45, 2.75) is 13.8 Å². The van der Waals surface area contributed by atoms with E-state index in [2.05, 4.69) is 20.5 Å². The molecule has 37 heavy (non-hydrogen) atoms. The lowest BCUT2D eigenvalue weighted by molar-refractivity contribution is 0.0964. The van der Waals surface area contributed by atoms with Gasteiger partial charge in [0.05, 0.1) is 17.0 Å². The molecule has 182 valence electrons. The molecule has 6 rings (SSSR count). The maximum atomic E-state index is 14.3. The van der Waals surface area contributed by atoms with Gasteiger partial charge in [-0.25, -0.2) is 4.39 Å². The Labute approximate surface area is 212 Å². The highest BCUT2D eigenvalue weighted by atomic mass is 19.1. The van der Waals surface area contributed by atoms with Crippen molar-refractivity contribution in [1.82, 2.24) is 20.5 Å². The van der Waals surface area contributed by atoms with Crippen LogP contribution >= 0.6 is 0 Å². The summed E-state index contributed by atoms with van der Waals surface area (Å²) in [6.45, 7) is 3.90. The molecule has 0 radical (unpaired) electrons. The molecule has 0 fully saturated rings. The second-order valence-electron chi connectivity index (χ2n) is 9.08. The second kappa shape index (κ2) is 8.71. The average molecular weight is 491 g/mol.